The summed E-state index contributed by atoms with van der Waals surface area (Å²) in [5.74, 6) is -3.46. The van der Waals surface area contributed by atoms with Gasteiger partial charge in [0.1, 0.15) is 29.0 Å². The molecule has 45 heavy (non-hydrogen) atoms. The first-order valence-corrected chi connectivity index (χ1v) is 16.8. The zero-order valence-corrected chi connectivity index (χ0v) is 26.7. The molecule has 0 spiro atoms. The predicted molar refractivity (Wildman–Crippen MR) is 154 cm³/mol. The molecule has 3 fully saturated rings. The van der Waals surface area contributed by atoms with Crippen LogP contribution in [0.5, 0.6) is 0 Å². The number of amides is 4. The quantitative estimate of drug-likeness (QED) is 0.291. The number of halogens is 4. The van der Waals surface area contributed by atoms with Gasteiger partial charge in [0.25, 0.3) is 5.91 Å². The van der Waals surface area contributed by atoms with Crippen LogP contribution in [0.4, 0.5) is 22.4 Å². The van der Waals surface area contributed by atoms with Gasteiger partial charge in [-0.2, -0.15) is 13.2 Å². The molecule has 0 aromatic rings. The third-order valence-electron chi connectivity index (χ3n) is 9.56. The lowest BCUT2D eigenvalue weighted by Gasteiger charge is -2.34. The van der Waals surface area contributed by atoms with Crippen molar-refractivity contribution in [3.63, 3.8) is 0 Å². The van der Waals surface area contributed by atoms with Crippen molar-refractivity contribution in [3.05, 3.63) is 12.2 Å². The predicted octanol–water partition coefficient (Wildman–Crippen LogP) is 3.25. The molecule has 2 aliphatic carbocycles. The van der Waals surface area contributed by atoms with Gasteiger partial charge in [0.2, 0.25) is 27.4 Å². The van der Waals surface area contributed by atoms with E-state index in [9.17, 15) is 45.2 Å². The van der Waals surface area contributed by atoms with Gasteiger partial charge in [-0.05, 0) is 77.0 Å². The van der Waals surface area contributed by atoms with E-state index in [0.29, 0.717) is 39.5 Å². The van der Waals surface area contributed by atoms with Crippen LogP contribution in [0.2, 0.25) is 0 Å². The summed E-state index contributed by atoms with van der Waals surface area (Å²) >= 11 is 0. The van der Waals surface area contributed by atoms with Crippen LogP contribution in [-0.2, 0) is 29.1 Å². The molecule has 2 heterocycles. The van der Waals surface area contributed by atoms with Crippen molar-refractivity contribution in [2.75, 3.05) is 13.2 Å². The van der Waals surface area contributed by atoms with Gasteiger partial charge in [0.15, 0.2) is 0 Å². The van der Waals surface area contributed by atoms with E-state index in [1.165, 1.54) is 4.90 Å². The first-order chi connectivity index (χ1) is 20.8. The highest BCUT2D eigenvalue weighted by Crippen LogP contribution is 2.48. The number of hydrogen-bond donors (Lipinski definition) is 3. The topological polar surface area (TPSA) is 151 Å². The molecule has 0 radical (unpaired) electrons. The van der Waals surface area contributed by atoms with Crippen molar-refractivity contribution >= 4 is 33.8 Å². The summed E-state index contributed by atoms with van der Waals surface area (Å²) in [7, 11) is -4.36. The summed E-state index contributed by atoms with van der Waals surface area (Å²) in [6, 6.07) is -2.41. The fourth-order valence-corrected chi connectivity index (χ4v) is 7.55. The van der Waals surface area contributed by atoms with Gasteiger partial charge in [-0.1, -0.05) is 26.0 Å². The normalized spacial score (nSPS) is 33.0. The number of alkyl carbamates (subject to hydrolysis) is 1. The Balaban J connectivity index is 1.60. The maximum Gasteiger partial charge on any atom is 0.427 e. The highest BCUT2D eigenvalue weighted by atomic mass is 32.2. The molecule has 0 unspecified atom stereocenters. The number of nitrogens with one attached hydrogen (secondary N) is 3. The molecule has 3 N–H and O–H groups in total. The highest BCUT2D eigenvalue weighted by Gasteiger charge is 2.64. The number of sulfonamides is 1. The van der Waals surface area contributed by atoms with Crippen molar-refractivity contribution in [2.24, 2.45) is 17.8 Å². The molecule has 4 amide bonds. The lowest BCUT2D eigenvalue weighted by molar-refractivity contribution is -0.244. The first-order valence-electron chi connectivity index (χ1n) is 15.3. The third-order valence-corrected chi connectivity index (χ3v) is 11.7. The maximum absolute atomic E-state index is 13.9. The number of carbonyl (C=O) groups excluding carboxylic acids is 4. The Hall–Kier alpha value is -2.91. The summed E-state index contributed by atoms with van der Waals surface area (Å²) in [4.78, 5) is 54.9. The van der Waals surface area contributed by atoms with E-state index >= 15 is 0 Å². The van der Waals surface area contributed by atoms with Crippen molar-refractivity contribution in [2.45, 2.75) is 113 Å². The average molecular weight is 667 g/mol. The van der Waals surface area contributed by atoms with Crippen LogP contribution in [0.3, 0.4) is 0 Å². The minimum Gasteiger partial charge on any atom is -0.434 e. The standard InChI is InChI=1S/C29H42F4N4O7S/c1-17-8-5-6-9-19-15-28(19,24(40)36-45(42,43)27(16-30)11-12-27)35-22(38)20-10-7-13-37(20)23(39)21(18(2)14-17)34-25(41)44-26(3,4)29(31,32)33/h6,9,17-21H,5,7-8,10-16H2,1-4H3,(H,34,41)(H,35,38)(H,36,40)/b9-6-/t17-,18+,19+,20-,21-,28+/m0/s1. The van der Waals surface area contributed by atoms with Crippen LogP contribution < -0.4 is 15.4 Å². The van der Waals surface area contributed by atoms with E-state index in [1.54, 1.807) is 13.0 Å². The summed E-state index contributed by atoms with van der Waals surface area (Å²) in [6.07, 6.45) is -0.320. The zero-order chi connectivity index (χ0) is 33.6. The fourth-order valence-electron chi connectivity index (χ4n) is 6.12. The fraction of sp³-hybridized carbons (Fsp3) is 0.793. The van der Waals surface area contributed by atoms with E-state index in [1.807, 2.05) is 17.7 Å². The van der Waals surface area contributed by atoms with Crippen LogP contribution in [0.1, 0.15) is 79.1 Å². The first kappa shape index (κ1) is 35.0. The summed E-state index contributed by atoms with van der Waals surface area (Å²) in [5, 5.41) is 4.99. The molecule has 2 aliphatic heterocycles. The van der Waals surface area contributed by atoms with Crippen molar-refractivity contribution < 1.29 is 49.9 Å². The molecule has 11 nitrogen and oxygen atoms in total. The number of ether oxygens (including phenoxy) is 1. The van der Waals surface area contributed by atoms with Crippen molar-refractivity contribution in [1.29, 1.82) is 0 Å². The molecule has 0 aromatic heterocycles. The zero-order valence-electron chi connectivity index (χ0n) is 25.8. The second-order valence-corrected chi connectivity index (χ2v) is 15.6. The van der Waals surface area contributed by atoms with E-state index in [2.05, 4.69) is 15.4 Å². The monoisotopic (exact) mass is 666 g/mol. The minimum absolute atomic E-state index is 0.0106. The number of alkyl halides is 4. The van der Waals surface area contributed by atoms with Gasteiger partial charge in [-0.15, -0.1) is 0 Å². The summed E-state index contributed by atoms with van der Waals surface area (Å²) < 4.78 is 84.4. The Morgan fingerprint density at radius 3 is 2.42 bits per heavy atom. The second-order valence-electron chi connectivity index (χ2n) is 13.6. The second kappa shape index (κ2) is 12.4. The Morgan fingerprint density at radius 1 is 1.16 bits per heavy atom. The van der Waals surface area contributed by atoms with Gasteiger partial charge in [-0.3, -0.25) is 19.1 Å². The van der Waals surface area contributed by atoms with Crippen molar-refractivity contribution in [1.82, 2.24) is 20.3 Å². The highest BCUT2D eigenvalue weighted by molar-refractivity contribution is 7.91. The van der Waals surface area contributed by atoms with E-state index in [0.717, 1.165) is 0 Å². The SMILES string of the molecule is C[C@H]1CC/C=C\[C@@H]2C[C@@]2(C(=O)NS(=O)(=O)C2(CF)CC2)NC(=O)[C@@H]2CCCN2C(=O)[C@@H](NC(=O)OC(C)(C)C(F)(F)F)[C@H](C)C1. The van der Waals surface area contributed by atoms with Crippen LogP contribution in [0.15, 0.2) is 12.2 Å². The smallest absolute Gasteiger partial charge is 0.427 e. The molecule has 4 aliphatic rings. The Labute approximate surface area is 260 Å². The van der Waals surface area contributed by atoms with Crippen LogP contribution >= 0.6 is 0 Å². The molecule has 16 heteroatoms. The molecule has 254 valence electrons. The largest absolute Gasteiger partial charge is 0.434 e. The Bertz CT molecular complexity index is 1330. The third kappa shape index (κ3) is 7.09. The molecular weight excluding hydrogens is 624 g/mol. The number of nitrogens with zero attached hydrogens (tertiary/aromatic N) is 1. The molecule has 4 rings (SSSR count). The lowest BCUT2D eigenvalue weighted by Crippen LogP contribution is -2.60. The molecule has 0 aromatic carbocycles. The number of carbonyl (C=O) groups is 4. The van der Waals surface area contributed by atoms with Gasteiger partial charge in [-0.25, -0.2) is 17.6 Å². The van der Waals surface area contributed by atoms with Crippen LogP contribution in [0, 0.1) is 17.8 Å². The molecular formula is C29H42F4N4O7S. The number of rotatable bonds is 6. The summed E-state index contributed by atoms with van der Waals surface area (Å²) in [6.45, 7) is 3.95. The van der Waals surface area contributed by atoms with E-state index in [-0.39, 0.29) is 38.1 Å². The molecule has 0 bridgehead atoms. The Morgan fingerprint density at radius 2 is 1.82 bits per heavy atom. The molecule has 1 saturated heterocycles. The van der Waals surface area contributed by atoms with Gasteiger partial charge in [0.05, 0.1) is 0 Å². The number of hydrogen-bond acceptors (Lipinski definition) is 7. The van der Waals surface area contributed by atoms with Gasteiger partial charge in [0, 0.05) is 12.5 Å². The minimum atomic E-state index is -4.87. The number of allylic oxidation sites excluding steroid dienone is 1. The lowest BCUT2D eigenvalue weighted by atomic mass is 9.88. The van der Waals surface area contributed by atoms with Gasteiger partial charge >= 0.3 is 12.3 Å². The van der Waals surface area contributed by atoms with Crippen LogP contribution in [-0.4, -0.2) is 84.5 Å². The van der Waals surface area contributed by atoms with Crippen LogP contribution in [0.25, 0.3) is 0 Å². The van der Waals surface area contributed by atoms with Crippen molar-refractivity contribution in [3.8, 4) is 0 Å². The van der Waals surface area contributed by atoms with E-state index in [4.69, 9.17) is 0 Å². The molecule has 2 saturated carbocycles. The maximum atomic E-state index is 13.9. The Kier molecular flexibility index (Phi) is 9.60. The average Bonchev–Trinajstić information content (AvgIpc) is 3.82. The molecule has 6 atom stereocenters. The van der Waals surface area contributed by atoms with Gasteiger partial charge < -0.3 is 20.3 Å². The number of fused-ring (bicyclic) bond motifs is 2. The van der Waals surface area contributed by atoms with E-state index < -0.39 is 86.5 Å². The summed E-state index contributed by atoms with van der Waals surface area (Å²) in [5.41, 5.74) is -4.46.